The van der Waals surface area contributed by atoms with Crippen LogP contribution in [0.3, 0.4) is 0 Å². The molecular formula is C38H66O6. The molecule has 0 aliphatic carbocycles. The summed E-state index contributed by atoms with van der Waals surface area (Å²) in [6.45, 7) is 4.70. The summed E-state index contributed by atoms with van der Waals surface area (Å²) in [5, 5.41) is 0. The van der Waals surface area contributed by atoms with Crippen LogP contribution in [-0.2, 0) is 20.9 Å². The highest BCUT2D eigenvalue weighted by Crippen LogP contribution is 2.14. The third-order valence-electron chi connectivity index (χ3n) is 8.45. The molecule has 1 rings (SSSR count). The Morgan fingerprint density at radius 2 is 0.977 bits per heavy atom. The van der Waals surface area contributed by atoms with Crippen LogP contribution in [0.25, 0.3) is 0 Å². The maximum atomic E-state index is 12.4. The molecule has 0 atom stereocenters. The van der Waals surface area contributed by atoms with Gasteiger partial charge in [0, 0.05) is 12.5 Å². The number of hydrogen-bond donors (Lipinski definition) is 0. The van der Waals surface area contributed by atoms with Crippen molar-refractivity contribution in [2.45, 2.75) is 194 Å². The van der Waals surface area contributed by atoms with Crippen LogP contribution in [0.4, 0.5) is 0 Å². The molecule has 0 bridgehead atoms. The lowest BCUT2D eigenvalue weighted by molar-refractivity contribution is -0.145. The van der Waals surface area contributed by atoms with Crippen molar-refractivity contribution in [1.82, 2.24) is 0 Å². The fourth-order valence-electron chi connectivity index (χ4n) is 5.55. The van der Waals surface area contributed by atoms with Crippen molar-refractivity contribution in [2.75, 3.05) is 6.61 Å². The Bertz CT molecular complexity index is 876. The number of carbonyl (C=O) groups excluding carboxylic acids is 2. The number of ether oxygens (including phenoxy) is 2. The maximum Gasteiger partial charge on any atom is 0.345 e. The fourth-order valence-corrected chi connectivity index (χ4v) is 5.55. The number of esters is 2. The highest BCUT2D eigenvalue weighted by Gasteiger charge is 2.14. The largest absolute Gasteiger partial charge is 0.465 e. The molecule has 0 amide bonds. The molecule has 254 valence electrons. The zero-order chi connectivity index (χ0) is 31.9. The molecular weight excluding hydrogens is 552 g/mol. The second-order valence-electron chi connectivity index (χ2n) is 12.7. The molecule has 0 aromatic carbocycles. The van der Waals surface area contributed by atoms with E-state index in [0.717, 1.165) is 44.8 Å². The molecule has 6 heteroatoms. The highest BCUT2D eigenvalue weighted by atomic mass is 16.5. The van der Waals surface area contributed by atoms with E-state index in [2.05, 4.69) is 13.8 Å². The quantitative estimate of drug-likeness (QED) is 0.0608. The Morgan fingerprint density at radius 3 is 1.41 bits per heavy atom. The summed E-state index contributed by atoms with van der Waals surface area (Å²) in [5.74, 6) is -0.734. The molecule has 44 heavy (non-hydrogen) atoms. The highest BCUT2D eigenvalue weighted by molar-refractivity contribution is 5.88. The van der Waals surface area contributed by atoms with Gasteiger partial charge in [-0.25, -0.2) is 4.79 Å². The first-order chi connectivity index (χ1) is 21.6. The number of rotatable bonds is 31. The molecule has 0 saturated heterocycles. The van der Waals surface area contributed by atoms with Gasteiger partial charge in [0.1, 0.15) is 24.2 Å². The molecule has 0 aliphatic rings. The number of unbranched alkanes of at least 4 members (excludes halogenated alkanes) is 24. The molecule has 0 unspecified atom stereocenters. The van der Waals surface area contributed by atoms with E-state index in [9.17, 15) is 14.4 Å². The third-order valence-corrected chi connectivity index (χ3v) is 8.45. The molecule has 0 N–H and O–H groups in total. The summed E-state index contributed by atoms with van der Waals surface area (Å²) in [6, 6.07) is 1.21. The first kappa shape index (κ1) is 39.9. The van der Waals surface area contributed by atoms with E-state index < -0.39 is 11.4 Å². The van der Waals surface area contributed by atoms with E-state index in [-0.39, 0.29) is 23.9 Å². The summed E-state index contributed by atoms with van der Waals surface area (Å²) < 4.78 is 15.9. The Balaban J connectivity index is 2.02. The summed E-state index contributed by atoms with van der Waals surface area (Å²) >= 11 is 0. The molecule has 6 nitrogen and oxygen atoms in total. The Labute approximate surface area is 269 Å². The topological polar surface area (TPSA) is 82.8 Å². The van der Waals surface area contributed by atoms with E-state index in [1.165, 1.54) is 134 Å². The van der Waals surface area contributed by atoms with Gasteiger partial charge in [-0.15, -0.1) is 0 Å². The number of hydrogen-bond acceptors (Lipinski definition) is 6. The van der Waals surface area contributed by atoms with Gasteiger partial charge in [-0.2, -0.15) is 0 Å². The van der Waals surface area contributed by atoms with Crippen molar-refractivity contribution >= 4 is 11.9 Å². The van der Waals surface area contributed by atoms with Crippen molar-refractivity contribution < 1.29 is 23.5 Å². The van der Waals surface area contributed by atoms with E-state index in [0.29, 0.717) is 13.0 Å². The SMILES string of the molecule is CCCCCCCCCCCCCCCOC(=O)c1coc(COC(=O)CCCCCCCCCCCCCCC)cc1=O. The smallest absolute Gasteiger partial charge is 0.345 e. The standard InChI is InChI=1S/C38H66O6/c1-3-5-7-9-11-13-15-17-19-21-23-25-27-29-37(40)44-32-34-31-36(39)35(33-43-34)38(41)42-30-28-26-24-22-20-18-16-14-12-10-8-6-4-2/h31,33H,3-30,32H2,1-2H3. The van der Waals surface area contributed by atoms with E-state index >= 15 is 0 Å². The van der Waals surface area contributed by atoms with Crippen molar-refractivity contribution in [3.05, 3.63) is 33.9 Å². The lowest BCUT2D eigenvalue weighted by Gasteiger charge is -2.07. The lowest BCUT2D eigenvalue weighted by atomic mass is 10.0. The molecule has 1 heterocycles. The zero-order valence-corrected chi connectivity index (χ0v) is 28.6. The second kappa shape index (κ2) is 29.6. The van der Waals surface area contributed by atoms with Gasteiger partial charge in [-0.1, -0.05) is 168 Å². The molecule has 0 spiro atoms. The Morgan fingerprint density at radius 1 is 0.568 bits per heavy atom. The normalized spacial score (nSPS) is 11.1. The van der Waals surface area contributed by atoms with Gasteiger partial charge >= 0.3 is 11.9 Å². The van der Waals surface area contributed by atoms with Crippen LogP contribution in [-0.4, -0.2) is 18.5 Å². The van der Waals surface area contributed by atoms with Gasteiger partial charge in [-0.05, 0) is 12.8 Å². The van der Waals surface area contributed by atoms with Crippen LogP contribution in [0, 0.1) is 0 Å². The van der Waals surface area contributed by atoms with Crippen LogP contribution in [0.5, 0.6) is 0 Å². The van der Waals surface area contributed by atoms with Crippen LogP contribution in [0.2, 0.25) is 0 Å². The van der Waals surface area contributed by atoms with Crippen molar-refractivity contribution in [3.63, 3.8) is 0 Å². The van der Waals surface area contributed by atoms with E-state index in [4.69, 9.17) is 13.9 Å². The summed E-state index contributed by atoms with van der Waals surface area (Å²) in [5.41, 5.74) is -0.601. The van der Waals surface area contributed by atoms with Gasteiger partial charge in [-0.3, -0.25) is 9.59 Å². The third kappa shape index (κ3) is 23.3. The minimum atomic E-state index is -0.663. The first-order valence-corrected chi connectivity index (χ1v) is 18.5. The molecule has 0 radical (unpaired) electrons. The molecule has 1 aromatic rings. The predicted molar refractivity (Wildman–Crippen MR) is 181 cm³/mol. The molecule has 0 saturated carbocycles. The van der Waals surface area contributed by atoms with Crippen molar-refractivity contribution in [1.29, 1.82) is 0 Å². The zero-order valence-electron chi connectivity index (χ0n) is 28.6. The van der Waals surface area contributed by atoms with Gasteiger partial charge < -0.3 is 13.9 Å². The minimum absolute atomic E-state index is 0.110. The van der Waals surface area contributed by atoms with Crippen molar-refractivity contribution in [2.24, 2.45) is 0 Å². The van der Waals surface area contributed by atoms with Gasteiger partial charge in [0.15, 0.2) is 5.43 Å². The molecule has 0 fully saturated rings. The van der Waals surface area contributed by atoms with E-state index in [1.807, 2.05) is 0 Å². The lowest BCUT2D eigenvalue weighted by Crippen LogP contribution is -2.18. The van der Waals surface area contributed by atoms with Crippen LogP contribution in [0.1, 0.15) is 203 Å². The minimum Gasteiger partial charge on any atom is -0.465 e. The summed E-state index contributed by atoms with van der Waals surface area (Å²) in [4.78, 5) is 36.8. The fraction of sp³-hybridized carbons (Fsp3) is 0.816. The summed E-state index contributed by atoms with van der Waals surface area (Å²) in [6.07, 6.45) is 34.1. The average Bonchev–Trinajstić information content (AvgIpc) is 3.02. The van der Waals surface area contributed by atoms with E-state index in [1.54, 1.807) is 0 Å². The maximum absolute atomic E-state index is 12.4. The summed E-state index contributed by atoms with van der Waals surface area (Å²) in [7, 11) is 0. The van der Waals surface area contributed by atoms with Gasteiger partial charge in [0.2, 0.25) is 0 Å². The predicted octanol–water partition coefficient (Wildman–Crippen LogP) is 11.4. The Hall–Kier alpha value is -2.11. The van der Waals surface area contributed by atoms with Gasteiger partial charge in [0.05, 0.1) is 6.61 Å². The Kier molecular flexibility index (Phi) is 26.8. The molecule has 0 aliphatic heterocycles. The average molecular weight is 619 g/mol. The second-order valence-corrected chi connectivity index (χ2v) is 12.7. The van der Waals surface area contributed by atoms with Crippen LogP contribution >= 0.6 is 0 Å². The molecule has 1 aromatic heterocycles. The first-order valence-electron chi connectivity index (χ1n) is 18.5. The van der Waals surface area contributed by atoms with Crippen LogP contribution in [0.15, 0.2) is 21.5 Å². The number of carbonyl (C=O) groups is 2. The monoisotopic (exact) mass is 618 g/mol. The van der Waals surface area contributed by atoms with Crippen molar-refractivity contribution in [3.8, 4) is 0 Å². The van der Waals surface area contributed by atoms with Gasteiger partial charge in [0.25, 0.3) is 0 Å². The van der Waals surface area contributed by atoms with Crippen LogP contribution < -0.4 is 5.43 Å².